The Labute approximate surface area is 353 Å². The number of nitrogens with zero attached hydrogens (tertiary/aromatic N) is 2. The van der Waals surface area contributed by atoms with E-state index in [2.05, 4.69) is 79.3 Å². The Morgan fingerprint density at radius 3 is 2.49 bits per heavy atom. The summed E-state index contributed by atoms with van der Waals surface area (Å²) in [5, 5.41) is 7.45. The van der Waals surface area contributed by atoms with Crippen LogP contribution in [0.2, 0.25) is 0 Å². The van der Waals surface area contributed by atoms with Gasteiger partial charge in [0.05, 0.1) is 30.1 Å². The van der Waals surface area contributed by atoms with E-state index in [-0.39, 0.29) is 36.3 Å². The van der Waals surface area contributed by atoms with E-state index in [9.17, 15) is 14.4 Å². The van der Waals surface area contributed by atoms with Gasteiger partial charge in [-0.1, -0.05) is 70.9 Å². The van der Waals surface area contributed by atoms with Gasteiger partial charge in [-0.3, -0.25) is 19.4 Å². The molecule has 3 heterocycles. The zero-order valence-electron chi connectivity index (χ0n) is 37.1. The number of fused-ring (bicyclic) bond motifs is 1. The second kappa shape index (κ2) is 21.8. The smallest absolute Gasteiger partial charge is 0.323 e. The maximum absolute atomic E-state index is 13.5. The molecule has 1 amide bonds. The average molecular weight is 807 g/mol. The molecule has 9 nitrogen and oxygen atoms in total. The highest BCUT2D eigenvalue weighted by Crippen LogP contribution is 2.41. The van der Waals surface area contributed by atoms with E-state index in [1.54, 1.807) is 20.2 Å². The Hall–Kier alpha value is -4.34. The van der Waals surface area contributed by atoms with Crippen LogP contribution < -0.4 is 10.6 Å². The normalized spacial score (nSPS) is 23.5. The molecule has 0 radical (unpaired) electrons. The highest BCUT2D eigenvalue weighted by atomic mass is 16.5. The molecule has 2 bridgehead atoms. The summed E-state index contributed by atoms with van der Waals surface area (Å²) in [4.78, 5) is 45.2. The number of hydrogen-bond donors (Lipinski definition) is 2. The largest absolute Gasteiger partial charge is 0.464 e. The number of aryl methyl sites for hydroxylation is 1. The van der Waals surface area contributed by atoms with Crippen LogP contribution in [0.1, 0.15) is 135 Å². The predicted octanol–water partition coefficient (Wildman–Crippen LogP) is 10.3. The molecule has 2 aliphatic rings. The maximum Gasteiger partial charge on any atom is 0.323 e. The number of cyclic esters (lactones) is 1. The lowest BCUT2D eigenvalue weighted by molar-refractivity contribution is -0.149. The molecule has 1 saturated carbocycles. The summed E-state index contributed by atoms with van der Waals surface area (Å²) in [5.74, 6) is -0.147. The number of carbonyl (C=O) groups excluding carboxylic acids is 3. The van der Waals surface area contributed by atoms with E-state index >= 15 is 0 Å². The van der Waals surface area contributed by atoms with Crippen molar-refractivity contribution in [2.45, 2.75) is 143 Å². The Morgan fingerprint density at radius 2 is 1.78 bits per heavy atom. The van der Waals surface area contributed by atoms with Crippen molar-refractivity contribution in [2.24, 2.45) is 17.3 Å². The van der Waals surface area contributed by atoms with Crippen LogP contribution in [0.25, 0.3) is 27.7 Å². The number of aromatic nitrogens is 2. The van der Waals surface area contributed by atoms with Crippen LogP contribution in [-0.4, -0.2) is 60.1 Å². The van der Waals surface area contributed by atoms with Crippen molar-refractivity contribution in [1.29, 1.82) is 0 Å². The van der Waals surface area contributed by atoms with Crippen molar-refractivity contribution >= 4 is 34.1 Å². The molecule has 1 aliphatic heterocycles. The second-order valence-electron chi connectivity index (χ2n) is 17.4. The third kappa shape index (κ3) is 11.7. The molecule has 1 aromatic carbocycles. The highest BCUT2D eigenvalue weighted by molar-refractivity contribution is 5.97. The Kier molecular flexibility index (Phi) is 16.9. The van der Waals surface area contributed by atoms with Crippen molar-refractivity contribution in [3.05, 3.63) is 83.7 Å². The quantitative estimate of drug-likeness (QED) is 0.164. The van der Waals surface area contributed by atoms with Gasteiger partial charge in [0.2, 0.25) is 5.91 Å². The highest BCUT2D eigenvalue weighted by Gasteiger charge is 2.31. The number of hydrogen-bond acceptors (Lipinski definition) is 7. The number of methoxy groups -OCH3 is 1. The summed E-state index contributed by atoms with van der Waals surface area (Å²) in [6.07, 6.45) is 21.7. The van der Waals surface area contributed by atoms with Gasteiger partial charge >= 0.3 is 5.97 Å². The fourth-order valence-electron chi connectivity index (χ4n) is 8.92. The number of ether oxygens (including phenoxy) is 2. The maximum atomic E-state index is 13.5. The van der Waals surface area contributed by atoms with Gasteiger partial charge in [0.25, 0.3) is 0 Å². The number of pyridine rings is 1. The summed E-state index contributed by atoms with van der Waals surface area (Å²) in [5.41, 5.74) is 7.51. The Bertz CT molecular complexity index is 1980. The van der Waals surface area contributed by atoms with E-state index < -0.39 is 17.5 Å². The van der Waals surface area contributed by atoms with Crippen molar-refractivity contribution in [1.82, 2.24) is 20.2 Å². The number of esters is 1. The Balaban J connectivity index is 1.52. The first kappa shape index (κ1) is 45.7. The van der Waals surface area contributed by atoms with Crippen LogP contribution in [0, 0.1) is 17.3 Å². The molecular formula is C50H70N4O5. The van der Waals surface area contributed by atoms with E-state index in [0.717, 1.165) is 61.1 Å². The summed E-state index contributed by atoms with van der Waals surface area (Å²) in [6, 6.07) is 9.90. The van der Waals surface area contributed by atoms with Crippen LogP contribution in [0.15, 0.2) is 66.9 Å². The molecule has 320 valence electrons. The molecule has 0 saturated heterocycles. The van der Waals surface area contributed by atoms with Gasteiger partial charge in [0, 0.05) is 47.7 Å². The summed E-state index contributed by atoms with van der Waals surface area (Å²) >= 11 is 0. The summed E-state index contributed by atoms with van der Waals surface area (Å²) in [7, 11) is 3.51. The molecule has 2 N–H and O–H groups in total. The zero-order valence-corrected chi connectivity index (χ0v) is 37.1. The Morgan fingerprint density at radius 1 is 1.00 bits per heavy atom. The van der Waals surface area contributed by atoms with Gasteiger partial charge in [-0.25, -0.2) is 0 Å². The lowest BCUT2D eigenvalue weighted by Crippen LogP contribution is -2.43. The van der Waals surface area contributed by atoms with Gasteiger partial charge in [0.15, 0.2) is 5.78 Å². The minimum atomic E-state index is -0.615. The molecule has 3 aromatic rings. The van der Waals surface area contributed by atoms with Crippen molar-refractivity contribution in [2.75, 3.05) is 20.8 Å². The summed E-state index contributed by atoms with van der Waals surface area (Å²) in [6.45, 7) is 13.8. The number of nitrogens with one attached hydrogen (secondary N) is 2. The average Bonchev–Trinajstić information content (AvgIpc) is 3.89. The van der Waals surface area contributed by atoms with Gasteiger partial charge in [-0.05, 0) is 138 Å². The molecule has 5 rings (SSSR count). The van der Waals surface area contributed by atoms with Crippen LogP contribution in [0.4, 0.5) is 0 Å². The van der Waals surface area contributed by atoms with Crippen molar-refractivity contribution < 1.29 is 23.9 Å². The van der Waals surface area contributed by atoms with E-state index in [1.165, 1.54) is 34.9 Å². The fourth-order valence-corrected chi connectivity index (χ4v) is 8.92. The zero-order chi connectivity index (χ0) is 42.5. The number of likely N-dealkylation sites (N-methyl/N-ethyl adjacent to an activating group) is 1. The lowest BCUT2D eigenvalue weighted by Gasteiger charge is -2.27. The molecule has 4 atom stereocenters. The van der Waals surface area contributed by atoms with Gasteiger partial charge in [-0.2, -0.15) is 0 Å². The SMILES string of the molecule is CC/C1=C\CC/C=C\C[C@H](NC(=O)[C@@H](C)C2CCCC2)C(=O)/C=C\CCC[C@H](NC)C(=O)OCC(C)(C)Cc2c(-c3cccnc3[C@H](C)OC)n(CC)c3ccc1cc23. The molecule has 1 fully saturated rings. The topological polar surface area (TPSA) is 112 Å². The van der Waals surface area contributed by atoms with Gasteiger partial charge in [0.1, 0.15) is 6.04 Å². The minimum Gasteiger partial charge on any atom is -0.464 e. The number of benzene rings is 1. The van der Waals surface area contributed by atoms with Crippen molar-refractivity contribution in [3.8, 4) is 11.3 Å². The van der Waals surface area contributed by atoms with Crippen molar-refractivity contribution in [3.63, 3.8) is 0 Å². The number of amides is 1. The van der Waals surface area contributed by atoms with E-state index in [1.807, 2.05) is 38.3 Å². The van der Waals surface area contributed by atoms with Gasteiger partial charge in [-0.15, -0.1) is 0 Å². The van der Waals surface area contributed by atoms with Gasteiger partial charge < -0.3 is 24.7 Å². The molecule has 9 heteroatoms. The third-order valence-corrected chi connectivity index (χ3v) is 12.6. The fraction of sp³-hybridized carbons (Fsp3) is 0.560. The molecule has 0 spiro atoms. The molecule has 1 aliphatic carbocycles. The monoisotopic (exact) mass is 807 g/mol. The van der Waals surface area contributed by atoms with E-state index in [0.29, 0.717) is 38.0 Å². The third-order valence-electron chi connectivity index (χ3n) is 12.6. The number of allylic oxidation sites excluding steroid dienone is 4. The minimum absolute atomic E-state index is 0.0359. The number of rotatable bonds is 9. The predicted molar refractivity (Wildman–Crippen MR) is 240 cm³/mol. The van der Waals surface area contributed by atoms with Crippen LogP contribution in [0.5, 0.6) is 0 Å². The van der Waals surface area contributed by atoms with E-state index in [4.69, 9.17) is 14.5 Å². The first-order chi connectivity index (χ1) is 28.4. The first-order valence-electron chi connectivity index (χ1n) is 22.2. The van der Waals surface area contributed by atoms with Crippen LogP contribution >= 0.6 is 0 Å². The van der Waals surface area contributed by atoms with Crippen LogP contribution in [0.3, 0.4) is 0 Å². The number of ketones is 1. The molecule has 59 heavy (non-hydrogen) atoms. The summed E-state index contributed by atoms with van der Waals surface area (Å²) < 4.78 is 14.3. The first-order valence-corrected chi connectivity index (χ1v) is 22.2. The number of carbonyl (C=O) groups is 3. The molecular weight excluding hydrogens is 737 g/mol. The lowest BCUT2D eigenvalue weighted by atomic mass is 9.84. The van der Waals surface area contributed by atoms with Crippen LogP contribution in [-0.2, 0) is 36.8 Å². The second-order valence-corrected chi connectivity index (χ2v) is 17.4. The standard InChI is InChI=1S/C50H70N4O5/c1-9-36-21-14-11-12-15-25-42(53-48(56)34(3)37-22-18-19-23-37)45(55)27-17-13-16-26-43(51-7)49(57)59-33-50(5,6)32-41-40-31-38(36)28-29-44(40)54(10-2)47(41)39-24-20-30-52-46(39)35(4)58-8/h12,15,17,20-21,24,27-31,34-35,37,42-43,51H,9-11,13-14,16,18-19,22-23,25-26,32-33H2,1-8H3,(H,53,56)/b15-12-,27-17-,36-21+/t34-,35-,42-,43-/m0/s1. The molecule has 0 unspecified atom stereocenters. The molecule has 2 aromatic heterocycles.